The smallest absolute Gasteiger partial charge is 0.400 e. The molecule has 0 amide bonds. The summed E-state index contributed by atoms with van der Waals surface area (Å²) >= 11 is 4.04. The van der Waals surface area contributed by atoms with E-state index in [0.29, 0.717) is 0 Å². The summed E-state index contributed by atoms with van der Waals surface area (Å²) in [4.78, 5) is 9.75. The van der Waals surface area contributed by atoms with Crippen LogP contribution in [0.2, 0.25) is 0 Å². The number of ether oxygens (including phenoxy) is 1. The SMILES string of the molecule is C=CCOC(=O)[S]. The van der Waals surface area contributed by atoms with Crippen LogP contribution in [0, 0.1) is 0 Å². The zero-order chi connectivity index (χ0) is 5.70. The normalized spacial score (nSPS) is 7.43. The Bertz CT molecular complexity index is 79.8. The first-order chi connectivity index (χ1) is 3.27. The second-order valence-corrected chi connectivity index (χ2v) is 1.18. The van der Waals surface area contributed by atoms with Crippen LogP contribution in [0.1, 0.15) is 0 Å². The van der Waals surface area contributed by atoms with Gasteiger partial charge in [-0.3, -0.25) is 0 Å². The van der Waals surface area contributed by atoms with Crippen LogP contribution >= 0.6 is 12.6 Å². The molecule has 0 saturated carbocycles. The lowest BCUT2D eigenvalue weighted by atomic mass is 10.7. The van der Waals surface area contributed by atoms with Gasteiger partial charge in [-0.05, 0) is 0 Å². The Labute approximate surface area is 47.6 Å². The summed E-state index contributed by atoms with van der Waals surface area (Å²) in [5.74, 6) is 0. The lowest BCUT2D eigenvalue weighted by molar-refractivity contribution is 0.188. The monoisotopic (exact) mass is 117 g/mol. The molecular weight excluding hydrogens is 112 g/mol. The van der Waals surface area contributed by atoms with Crippen LogP contribution < -0.4 is 0 Å². The molecule has 0 aromatic carbocycles. The predicted octanol–water partition coefficient (Wildman–Crippen LogP) is 1.51. The molecule has 0 aliphatic carbocycles. The second-order valence-electron chi connectivity index (χ2n) is 0.850. The zero-order valence-corrected chi connectivity index (χ0v) is 4.53. The van der Waals surface area contributed by atoms with E-state index in [4.69, 9.17) is 0 Å². The van der Waals surface area contributed by atoms with Gasteiger partial charge in [0.15, 0.2) is 0 Å². The molecule has 39 valence electrons. The first-order valence-corrected chi connectivity index (χ1v) is 2.13. The van der Waals surface area contributed by atoms with Crippen LogP contribution in [0.4, 0.5) is 4.79 Å². The molecule has 3 heteroatoms. The maximum atomic E-state index is 9.75. The minimum absolute atomic E-state index is 0.211. The maximum Gasteiger partial charge on any atom is 0.400 e. The average molecular weight is 117 g/mol. The van der Waals surface area contributed by atoms with Crippen molar-refractivity contribution in [1.29, 1.82) is 0 Å². The van der Waals surface area contributed by atoms with Crippen molar-refractivity contribution in [2.45, 2.75) is 0 Å². The van der Waals surface area contributed by atoms with Crippen LogP contribution in [-0.4, -0.2) is 11.9 Å². The van der Waals surface area contributed by atoms with E-state index < -0.39 is 5.30 Å². The Morgan fingerprint density at radius 2 is 2.57 bits per heavy atom. The number of hydrogen-bond donors (Lipinski definition) is 0. The molecule has 1 radical (unpaired) electrons. The van der Waals surface area contributed by atoms with Gasteiger partial charge in [-0.15, -0.1) is 0 Å². The van der Waals surface area contributed by atoms with E-state index in [2.05, 4.69) is 23.9 Å². The van der Waals surface area contributed by atoms with Crippen molar-refractivity contribution in [2.75, 3.05) is 6.61 Å². The summed E-state index contributed by atoms with van der Waals surface area (Å²) < 4.78 is 4.25. The predicted molar refractivity (Wildman–Crippen MR) is 29.1 cm³/mol. The third-order valence-electron chi connectivity index (χ3n) is 0.319. The van der Waals surface area contributed by atoms with Crippen molar-refractivity contribution < 1.29 is 9.53 Å². The maximum absolute atomic E-state index is 9.75. The molecule has 0 bridgehead atoms. The van der Waals surface area contributed by atoms with Crippen molar-refractivity contribution in [3.63, 3.8) is 0 Å². The largest absolute Gasteiger partial charge is 0.450 e. The number of carbonyl (C=O) groups is 1. The molecule has 0 atom stereocenters. The molecule has 0 unspecified atom stereocenters. The topological polar surface area (TPSA) is 26.3 Å². The average Bonchev–Trinajstić information content (AvgIpc) is 1.61. The van der Waals surface area contributed by atoms with Gasteiger partial charge >= 0.3 is 5.30 Å². The van der Waals surface area contributed by atoms with Gasteiger partial charge in [-0.25, -0.2) is 4.79 Å². The molecule has 0 saturated heterocycles. The number of carbonyl (C=O) groups excluding carboxylic acids is 1. The Morgan fingerprint density at radius 3 is 2.71 bits per heavy atom. The number of rotatable bonds is 2. The van der Waals surface area contributed by atoms with Gasteiger partial charge in [0.05, 0.1) is 0 Å². The third-order valence-corrected chi connectivity index (χ3v) is 0.437. The molecular formula is C4H5O2S. The van der Waals surface area contributed by atoms with Gasteiger partial charge in [0.2, 0.25) is 0 Å². The summed E-state index contributed by atoms with van der Waals surface area (Å²) in [7, 11) is 0. The molecule has 0 spiro atoms. The van der Waals surface area contributed by atoms with E-state index in [1.54, 1.807) is 0 Å². The number of hydrogen-bond acceptors (Lipinski definition) is 2. The Kier molecular flexibility index (Phi) is 3.32. The van der Waals surface area contributed by atoms with E-state index >= 15 is 0 Å². The highest BCUT2D eigenvalue weighted by molar-refractivity contribution is 7.96. The van der Waals surface area contributed by atoms with Crippen LogP contribution in [0.25, 0.3) is 0 Å². The fourth-order valence-corrected chi connectivity index (χ4v) is 0.195. The molecule has 0 aliphatic heterocycles. The lowest BCUT2D eigenvalue weighted by Crippen LogP contribution is -1.91. The standard InChI is InChI=1S/C4H5O2S/c1-2-3-6-4(5)7/h2H,1,3H2. The van der Waals surface area contributed by atoms with Crippen LogP contribution in [-0.2, 0) is 4.74 Å². The molecule has 7 heavy (non-hydrogen) atoms. The molecule has 0 fully saturated rings. The molecule has 0 rings (SSSR count). The minimum Gasteiger partial charge on any atom is -0.450 e. The van der Waals surface area contributed by atoms with Crippen molar-refractivity contribution in [1.82, 2.24) is 0 Å². The first-order valence-electron chi connectivity index (χ1n) is 1.72. The van der Waals surface area contributed by atoms with Gasteiger partial charge in [0.1, 0.15) is 6.61 Å². The lowest BCUT2D eigenvalue weighted by Gasteiger charge is -1.88. The van der Waals surface area contributed by atoms with Crippen molar-refractivity contribution in [3.05, 3.63) is 12.7 Å². The second kappa shape index (κ2) is 3.61. The highest BCUT2D eigenvalue weighted by Crippen LogP contribution is 1.83. The van der Waals surface area contributed by atoms with E-state index in [9.17, 15) is 4.79 Å². The van der Waals surface area contributed by atoms with Crippen LogP contribution in [0.5, 0.6) is 0 Å². The van der Waals surface area contributed by atoms with Crippen molar-refractivity contribution >= 4 is 17.9 Å². The van der Waals surface area contributed by atoms with Crippen LogP contribution in [0.15, 0.2) is 12.7 Å². The third kappa shape index (κ3) is 5.43. The molecule has 0 aliphatic rings. The quantitative estimate of drug-likeness (QED) is 0.404. The van der Waals surface area contributed by atoms with E-state index in [-0.39, 0.29) is 6.61 Å². The van der Waals surface area contributed by atoms with Gasteiger partial charge in [0.25, 0.3) is 0 Å². The molecule has 0 aromatic rings. The Balaban J connectivity index is 2.97. The molecule has 2 nitrogen and oxygen atoms in total. The Hall–Kier alpha value is -0.570. The van der Waals surface area contributed by atoms with Crippen molar-refractivity contribution in [3.8, 4) is 0 Å². The molecule has 0 aromatic heterocycles. The highest BCUT2D eigenvalue weighted by atomic mass is 32.1. The van der Waals surface area contributed by atoms with Gasteiger partial charge in [0, 0.05) is 12.6 Å². The van der Waals surface area contributed by atoms with Gasteiger partial charge in [-0.2, -0.15) is 0 Å². The fourth-order valence-electron chi connectivity index (χ4n) is 0.127. The van der Waals surface area contributed by atoms with E-state index in [1.807, 2.05) is 0 Å². The minimum atomic E-state index is -0.681. The molecule has 0 heterocycles. The molecule has 0 N–H and O–H groups in total. The van der Waals surface area contributed by atoms with Gasteiger partial charge in [-0.1, -0.05) is 12.7 Å². The fraction of sp³-hybridized carbons (Fsp3) is 0.250. The summed E-state index contributed by atoms with van der Waals surface area (Å²) in [5, 5.41) is -0.681. The summed E-state index contributed by atoms with van der Waals surface area (Å²) in [6, 6.07) is 0. The summed E-state index contributed by atoms with van der Waals surface area (Å²) in [5.41, 5.74) is 0. The highest BCUT2D eigenvalue weighted by Gasteiger charge is 1.87. The van der Waals surface area contributed by atoms with Gasteiger partial charge < -0.3 is 4.74 Å². The zero-order valence-electron chi connectivity index (χ0n) is 3.72. The van der Waals surface area contributed by atoms with E-state index in [1.165, 1.54) is 6.08 Å². The van der Waals surface area contributed by atoms with E-state index in [0.717, 1.165) is 0 Å². The summed E-state index contributed by atoms with van der Waals surface area (Å²) in [6.45, 7) is 3.52. The van der Waals surface area contributed by atoms with Crippen molar-refractivity contribution in [2.24, 2.45) is 0 Å². The van der Waals surface area contributed by atoms with Crippen LogP contribution in [0.3, 0.4) is 0 Å². The first kappa shape index (κ1) is 6.43. The Morgan fingerprint density at radius 1 is 2.00 bits per heavy atom. The summed E-state index contributed by atoms with van der Waals surface area (Å²) in [6.07, 6.45) is 1.46.